The number of aliphatic hydroxyl groups excluding tert-OH is 1. The Labute approximate surface area is 114 Å². The van der Waals surface area contributed by atoms with Crippen LogP contribution in [-0.2, 0) is 4.79 Å². The van der Waals surface area contributed by atoms with Crippen LogP contribution in [0.2, 0.25) is 0 Å². The van der Waals surface area contributed by atoms with Gasteiger partial charge in [0.2, 0.25) is 0 Å². The third-order valence-electron chi connectivity index (χ3n) is 3.38. The Bertz CT molecular complexity index is 431. The Balaban J connectivity index is 2.43. The van der Waals surface area contributed by atoms with Crippen LogP contribution >= 0.6 is 0 Å². The molecule has 0 aliphatic carbocycles. The van der Waals surface area contributed by atoms with Gasteiger partial charge in [-0.05, 0) is 49.9 Å². The first kappa shape index (κ1) is 15.5. The van der Waals surface area contributed by atoms with Crippen LogP contribution in [0.1, 0.15) is 25.0 Å². The molecule has 0 aliphatic heterocycles. The molecule has 2 unspecified atom stereocenters. The van der Waals surface area contributed by atoms with Gasteiger partial charge in [0, 0.05) is 12.6 Å². The summed E-state index contributed by atoms with van der Waals surface area (Å²) in [5.74, 6) is 0.553. The molecule has 106 valence electrons. The van der Waals surface area contributed by atoms with Gasteiger partial charge >= 0.3 is 0 Å². The first-order valence-electron chi connectivity index (χ1n) is 6.54. The van der Waals surface area contributed by atoms with Crippen LogP contribution in [0.3, 0.4) is 0 Å². The van der Waals surface area contributed by atoms with E-state index >= 15 is 0 Å². The van der Waals surface area contributed by atoms with E-state index in [2.05, 4.69) is 5.32 Å². The minimum Gasteiger partial charge on any atom is -0.484 e. The zero-order valence-corrected chi connectivity index (χ0v) is 12.1. The number of hydrogen-bond acceptors (Lipinski definition) is 3. The molecule has 0 saturated carbocycles. The summed E-state index contributed by atoms with van der Waals surface area (Å²) in [6.45, 7) is 7.84. The van der Waals surface area contributed by atoms with Crippen LogP contribution in [-0.4, -0.2) is 30.3 Å². The zero-order valence-electron chi connectivity index (χ0n) is 12.1. The summed E-state index contributed by atoms with van der Waals surface area (Å²) < 4.78 is 5.44. The quantitative estimate of drug-likeness (QED) is 0.825. The molecule has 0 saturated heterocycles. The zero-order chi connectivity index (χ0) is 14.4. The Kier molecular flexibility index (Phi) is 5.83. The number of aryl methyl sites for hydroxylation is 2. The van der Waals surface area contributed by atoms with Crippen molar-refractivity contribution in [1.82, 2.24) is 5.32 Å². The highest BCUT2D eigenvalue weighted by atomic mass is 16.5. The first-order chi connectivity index (χ1) is 8.93. The van der Waals surface area contributed by atoms with Gasteiger partial charge in [-0.1, -0.05) is 13.0 Å². The third kappa shape index (κ3) is 4.91. The summed E-state index contributed by atoms with van der Waals surface area (Å²) >= 11 is 0. The summed E-state index contributed by atoms with van der Waals surface area (Å²) in [5, 5.41) is 11.8. The molecule has 0 heterocycles. The van der Waals surface area contributed by atoms with Gasteiger partial charge in [0.15, 0.2) is 6.61 Å². The van der Waals surface area contributed by atoms with Crippen molar-refractivity contribution >= 4 is 5.91 Å². The summed E-state index contributed by atoms with van der Waals surface area (Å²) in [5.41, 5.74) is 2.34. The summed E-state index contributed by atoms with van der Waals surface area (Å²) in [6, 6.07) is 5.68. The molecule has 1 amide bonds. The van der Waals surface area contributed by atoms with Crippen molar-refractivity contribution in [3.05, 3.63) is 29.3 Å². The Morgan fingerprint density at radius 3 is 2.58 bits per heavy atom. The lowest BCUT2D eigenvalue weighted by Gasteiger charge is -2.19. The maximum absolute atomic E-state index is 11.7. The number of carbonyl (C=O) groups is 1. The van der Waals surface area contributed by atoms with E-state index in [1.165, 1.54) is 5.56 Å². The molecule has 1 aromatic rings. The highest BCUT2D eigenvalue weighted by Crippen LogP contribution is 2.16. The molecule has 0 aliphatic rings. The van der Waals surface area contributed by atoms with Crippen LogP contribution in [0.25, 0.3) is 0 Å². The van der Waals surface area contributed by atoms with E-state index in [4.69, 9.17) is 9.84 Å². The number of amides is 1. The van der Waals surface area contributed by atoms with E-state index in [1.54, 1.807) is 0 Å². The van der Waals surface area contributed by atoms with Crippen molar-refractivity contribution in [1.29, 1.82) is 0 Å². The molecule has 0 bridgehead atoms. The van der Waals surface area contributed by atoms with Gasteiger partial charge in [-0.25, -0.2) is 0 Å². The predicted octanol–water partition coefficient (Wildman–Crippen LogP) is 1.82. The molecule has 0 aromatic heterocycles. The number of ether oxygens (including phenoxy) is 1. The Hall–Kier alpha value is -1.55. The van der Waals surface area contributed by atoms with Gasteiger partial charge in [0.25, 0.3) is 5.91 Å². The smallest absolute Gasteiger partial charge is 0.258 e. The standard InChI is InChI=1S/C15H23NO3/c1-10-5-6-14(7-11(10)2)19-9-15(18)16-13(4)12(3)8-17/h5-7,12-13,17H,8-9H2,1-4H3,(H,16,18). The minimum atomic E-state index is -0.175. The average Bonchev–Trinajstić information content (AvgIpc) is 2.39. The molecule has 1 rings (SSSR count). The maximum Gasteiger partial charge on any atom is 0.258 e. The van der Waals surface area contributed by atoms with Crippen LogP contribution in [0.4, 0.5) is 0 Å². The molecule has 4 heteroatoms. The second-order valence-electron chi connectivity index (χ2n) is 5.05. The SMILES string of the molecule is Cc1ccc(OCC(=O)NC(C)C(C)CO)cc1C. The lowest BCUT2D eigenvalue weighted by atomic mass is 10.1. The molecule has 0 radical (unpaired) electrons. The molecule has 0 fully saturated rings. The summed E-state index contributed by atoms with van der Waals surface area (Å²) in [6.07, 6.45) is 0. The van der Waals surface area contributed by atoms with Crippen molar-refractivity contribution in [3.63, 3.8) is 0 Å². The monoisotopic (exact) mass is 265 g/mol. The molecule has 2 N–H and O–H groups in total. The lowest BCUT2D eigenvalue weighted by molar-refractivity contribution is -0.124. The van der Waals surface area contributed by atoms with Gasteiger partial charge in [-0.3, -0.25) is 4.79 Å². The minimum absolute atomic E-state index is 0.00894. The van der Waals surface area contributed by atoms with E-state index in [9.17, 15) is 4.79 Å². The van der Waals surface area contributed by atoms with Gasteiger partial charge in [0.05, 0.1) is 0 Å². The molecule has 4 nitrogen and oxygen atoms in total. The van der Waals surface area contributed by atoms with E-state index in [0.29, 0.717) is 5.75 Å². The molecular formula is C15H23NO3. The molecule has 19 heavy (non-hydrogen) atoms. The van der Waals surface area contributed by atoms with Gasteiger partial charge in [0.1, 0.15) is 5.75 Å². The van der Waals surface area contributed by atoms with Crippen molar-refractivity contribution in [2.75, 3.05) is 13.2 Å². The van der Waals surface area contributed by atoms with Crippen molar-refractivity contribution < 1.29 is 14.6 Å². The Morgan fingerprint density at radius 1 is 1.32 bits per heavy atom. The third-order valence-corrected chi connectivity index (χ3v) is 3.38. The number of benzene rings is 1. The highest BCUT2D eigenvalue weighted by molar-refractivity contribution is 5.77. The van der Waals surface area contributed by atoms with Crippen molar-refractivity contribution in [2.24, 2.45) is 5.92 Å². The second-order valence-corrected chi connectivity index (χ2v) is 5.05. The number of hydrogen-bond donors (Lipinski definition) is 2. The van der Waals surface area contributed by atoms with Crippen molar-refractivity contribution in [2.45, 2.75) is 33.7 Å². The fourth-order valence-corrected chi connectivity index (χ4v) is 1.55. The lowest BCUT2D eigenvalue weighted by Crippen LogP contribution is -2.40. The Morgan fingerprint density at radius 2 is 2.00 bits per heavy atom. The van der Waals surface area contributed by atoms with Gasteiger partial charge in [-0.2, -0.15) is 0 Å². The van der Waals surface area contributed by atoms with E-state index in [-0.39, 0.29) is 31.1 Å². The fraction of sp³-hybridized carbons (Fsp3) is 0.533. The molecule has 1 aromatic carbocycles. The van der Waals surface area contributed by atoms with Gasteiger partial charge in [-0.15, -0.1) is 0 Å². The van der Waals surface area contributed by atoms with E-state index in [1.807, 2.05) is 45.9 Å². The predicted molar refractivity (Wildman–Crippen MR) is 75.3 cm³/mol. The number of rotatable bonds is 6. The molecular weight excluding hydrogens is 242 g/mol. The second kappa shape index (κ2) is 7.14. The summed E-state index contributed by atoms with van der Waals surface area (Å²) in [4.78, 5) is 11.7. The first-order valence-corrected chi connectivity index (χ1v) is 6.54. The highest BCUT2D eigenvalue weighted by Gasteiger charge is 2.14. The average molecular weight is 265 g/mol. The number of carbonyl (C=O) groups excluding carboxylic acids is 1. The largest absolute Gasteiger partial charge is 0.484 e. The van der Waals surface area contributed by atoms with Crippen LogP contribution in [0.15, 0.2) is 18.2 Å². The van der Waals surface area contributed by atoms with E-state index in [0.717, 1.165) is 5.56 Å². The molecule has 0 spiro atoms. The number of aliphatic hydroxyl groups is 1. The maximum atomic E-state index is 11.7. The van der Waals surface area contributed by atoms with Crippen LogP contribution in [0.5, 0.6) is 5.75 Å². The van der Waals surface area contributed by atoms with Crippen LogP contribution in [0, 0.1) is 19.8 Å². The fourth-order valence-electron chi connectivity index (χ4n) is 1.55. The normalized spacial score (nSPS) is 13.7. The summed E-state index contributed by atoms with van der Waals surface area (Å²) in [7, 11) is 0. The number of nitrogens with one attached hydrogen (secondary N) is 1. The topological polar surface area (TPSA) is 58.6 Å². The van der Waals surface area contributed by atoms with E-state index < -0.39 is 0 Å². The van der Waals surface area contributed by atoms with Crippen LogP contribution < -0.4 is 10.1 Å². The molecule has 2 atom stereocenters. The van der Waals surface area contributed by atoms with Crippen molar-refractivity contribution in [3.8, 4) is 5.75 Å². The van der Waals surface area contributed by atoms with Gasteiger partial charge < -0.3 is 15.2 Å².